The van der Waals surface area contributed by atoms with Gasteiger partial charge in [0.1, 0.15) is 0 Å². The lowest BCUT2D eigenvalue weighted by atomic mass is 9.77. The molecule has 0 N–H and O–H groups in total. The van der Waals surface area contributed by atoms with Crippen LogP contribution in [0.15, 0.2) is 60.7 Å². The van der Waals surface area contributed by atoms with Crippen LogP contribution in [0.25, 0.3) is 0 Å². The van der Waals surface area contributed by atoms with E-state index in [-0.39, 0.29) is 0 Å². The van der Waals surface area contributed by atoms with Crippen LogP contribution in [0.1, 0.15) is 17.0 Å². The smallest absolute Gasteiger partial charge is 0.209 e. The molecule has 0 bridgehead atoms. The zero-order valence-corrected chi connectivity index (χ0v) is 10.8. The number of hydrogen-bond acceptors (Lipinski definition) is 1. The lowest BCUT2D eigenvalue weighted by molar-refractivity contribution is -0.124. The van der Waals surface area contributed by atoms with Gasteiger partial charge in [0, 0.05) is 24.9 Å². The maximum Gasteiger partial charge on any atom is 0.209 e. The van der Waals surface area contributed by atoms with Gasteiger partial charge >= 0.3 is 0 Å². The first-order valence-electron chi connectivity index (χ1n) is 6.67. The van der Waals surface area contributed by atoms with E-state index in [1.165, 1.54) is 11.1 Å². The van der Waals surface area contributed by atoms with Gasteiger partial charge in [-0.15, -0.1) is 0 Å². The molecule has 0 radical (unpaired) electrons. The molecular formula is C17H17NO. The average Bonchev–Trinajstić information content (AvgIpc) is 2.44. The fourth-order valence-corrected chi connectivity index (χ4v) is 2.90. The van der Waals surface area contributed by atoms with Gasteiger partial charge in [-0.3, -0.25) is 4.79 Å². The minimum absolute atomic E-state index is 0.388. The van der Waals surface area contributed by atoms with Crippen molar-refractivity contribution in [2.75, 3.05) is 13.1 Å². The van der Waals surface area contributed by atoms with Crippen molar-refractivity contribution < 1.29 is 4.79 Å². The molecule has 0 saturated carbocycles. The van der Waals surface area contributed by atoms with Crippen molar-refractivity contribution in [2.45, 2.75) is 5.92 Å². The molecule has 0 atom stereocenters. The number of carbonyl (C=O) groups is 1. The minimum Gasteiger partial charge on any atom is -0.345 e. The molecule has 1 aliphatic rings. The summed E-state index contributed by atoms with van der Waals surface area (Å²) in [5, 5.41) is 0. The highest BCUT2D eigenvalue weighted by Gasteiger charge is 2.34. The highest BCUT2D eigenvalue weighted by Crippen LogP contribution is 2.36. The molecule has 0 unspecified atom stereocenters. The number of benzene rings is 2. The van der Waals surface area contributed by atoms with Gasteiger partial charge < -0.3 is 4.90 Å². The summed E-state index contributed by atoms with van der Waals surface area (Å²) in [5.41, 5.74) is 2.67. The highest BCUT2D eigenvalue weighted by molar-refractivity contribution is 5.49. The van der Waals surface area contributed by atoms with Gasteiger partial charge in [-0.1, -0.05) is 60.7 Å². The molecule has 1 amide bonds. The Bertz CT molecular complexity index is 492. The van der Waals surface area contributed by atoms with E-state index < -0.39 is 0 Å². The lowest BCUT2D eigenvalue weighted by Gasteiger charge is -2.41. The van der Waals surface area contributed by atoms with Crippen LogP contribution >= 0.6 is 0 Å². The molecule has 2 heteroatoms. The van der Waals surface area contributed by atoms with E-state index in [1.54, 1.807) is 0 Å². The lowest BCUT2D eigenvalue weighted by Crippen LogP contribution is -2.48. The largest absolute Gasteiger partial charge is 0.345 e. The first kappa shape index (κ1) is 12.0. The molecule has 2 aromatic rings. The van der Waals surface area contributed by atoms with Crippen molar-refractivity contribution in [1.82, 2.24) is 4.90 Å². The first-order valence-corrected chi connectivity index (χ1v) is 6.67. The second kappa shape index (κ2) is 5.27. The zero-order chi connectivity index (χ0) is 13.1. The Morgan fingerprint density at radius 3 is 1.79 bits per heavy atom. The second-order valence-corrected chi connectivity index (χ2v) is 5.12. The average molecular weight is 251 g/mol. The molecule has 0 aliphatic carbocycles. The molecule has 1 saturated heterocycles. The van der Waals surface area contributed by atoms with E-state index in [4.69, 9.17) is 0 Å². The SMILES string of the molecule is O=CN1CC(C(c2ccccc2)c2ccccc2)C1. The van der Waals surface area contributed by atoms with E-state index in [2.05, 4.69) is 48.5 Å². The molecule has 3 rings (SSSR count). The molecule has 1 aliphatic heterocycles. The summed E-state index contributed by atoms with van der Waals surface area (Å²) in [4.78, 5) is 12.6. The van der Waals surface area contributed by atoms with E-state index in [0.29, 0.717) is 11.8 Å². The molecule has 96 valence electrons. The summed E-state index contributed by atoms with van der Waals surface area (Å²) < 4.78 is 0. The third-order valence-corrected chi connectivity index (χ3v) is 3.88. The van der Waals surface area contributed by atoms with Crippen molar-refractivity contribution in [3.63, 3.8) is 0 Å². The third kappa shape index (κ3) is 2.39. The van der Waals surface area contributed by atoms with Crippen LogP contribution in [0.3, 0.4) is 0 Å². The Labute approximate surface area is 113 Å². The van der Waals surface area contributed by atoms with E-state index >= 15 is 0 Å². The topological polar surface area (TPSA) is 20.3 Å². The van der Waals surface area contributed by atoms with Gasteiger partial charge in [-0.05, 0) is 11.1 Å². The summed E-state index contributed by atoms with van der Waals surface area (Å²) >= 11 is 0. The van der Waals surface area contributed by atoms with Crippen LogP contribution in [0.4, 0.5) is 0 Å². The Kier molecular flexibility index (Phi) is 3.32. The fraction of sp³-hybridized carbons (Fsp3) is 0.235. The minimum atomic E-state index is 0.388. The fourth-order valence-electron chi connectivity index (χ4n) is 2.90. The van der Waals surface area contributed by atoms with Crippen molar-refractivity contribution >= 4 is 6.41 Å². The van der Waals surface area contributed by atoms with Gasteiger partial charge in [-0.25, -0.2) is 0 Å². The van der Waals surface area contributed by atoms with Crippen LogP contribution in [-0.4, -0.2) is 24.4 Å². The number of likely N-dealkylation sites (tertiary alicyclic amines) is 1. The summed E-state index contributed by atoms with van der Waals surface area (Å²) in [5.74, 6) is 0.911. The molecule has 2 nitrogen and oxygen atoms in total. The maximum absolute atomic E-state index is 10.8. The summed E-state index contributed by atoms with van der Waals surface area (Å²) in [6, 6.07) is 21.2. The normalized spacial score (nSPS) is 15.3. The van der Waals surface area contributed by atoms with Crippen LogP contribution in [-0.2, 0) is 4.79 Å². The first-order chi connectivity index (χ1) is 9.38. The summed E-state index contributed by atoms with van der Waals surface area (Å²) in [6.07, 6.45) is 0.948. The van der Waals surface area contributed by atoms with Crippen molar-refractivity contribution in [1.29, 1.82) is 0 Å². The molecular weight excluding hydrogens is 234 g/mol. The summed E-state index contributed by atoms with van der Waals surface area (Å²) in [6.45, 7) is 1.72. The molecule has 1 fully saturated rings. The highest BCUT2D eigenvalue weighted by atomic mass is 16.1. The van der Waals surface area contributed by atoms with Crippen LogP contribution in [0.2, 0.25) is 0 Å². The molecule has 0 aromatic heterocycles. The van der Waals surface area contributed by atoms with Crippen LogP contribution < -0.4 is 0 Å². The van der Waals surface area contributed by atoms with Crippen LogP contribution in [0.5, 0.6) is 0 Å². The van der Waals surface area contributed by atoms with Gasteiger partial charge in [0.15, 0.2) is 0 Å². The van der Waals surface area contributed by atoms with E-state index in [9.17, 15) is 4.79 Å². The predicted octanol–water partition coefficient (Wildman–Crippen LogP) is 2.91. The standard InChI is InChI=1S/C17H17NO/c19-13-18-11-16(12-18)17(14-7-3-1-4-8-14)15-9-5-2-6-10-15/h1-10,13,16-17H,11-12H2. The van der Waals surface area contributed by atoms with Crippen LogP contribution in [0, 0.1) is 5.92 Å². The Balaban J connectivity index is 1.91. The Hall–Kier alpha value is -2.09. The van der Waals surface area contributed by atoms with Gasteiger partial charge in [0.05, 0.1) is 0 Å². The van der Waals surface area contributed by atoms with E-state index in [0.717, 1.165) is 19.5 Å². The number of hydrogen-bond donors (Lipinski definition) is 0. The Morgan fingerprint density at radius 2 is 1.37 bits per heavy atom. The molecule has 0 spiro atoms. The van der Waals surface area contributed by atoms with Crippen molar-refractivity contribution in [3.8, 4) is 0 Å². The van der Waals surface area contributed by atoms with Gasteiger partial charge in [-0.2, -0.15) is 0 Å². The maximum atomic E-state index is 10.8. The third-order valence-electron chi connectivity index (χ3n) is 3.88. The van der Waals surface area contributed by atoms with Crippen molar-refractivity contribution in [2.24, 2.45) is 5.92 Å². The predicted molar refractivity (Wildman–Crippen MR) is 75.9 cm³/mol. The Morgan fingerprint density at radius 1 is 0.895 bits per heavy atom. The quantitative estimate of drug-likeness (QED) is 0.765. The van der Waals surface area contributed by atoms with Gasteiger partial charge in [0.2, 0.25) is 6.41 Å². The number of nitrogens with zero attached hydrogens (tertiary/aromatic N) is 1. The number of amides is 1. The number of carbonyl (C=O) groups excluding carboxylic acids is 1. The monoisotopic (exact) mass is 251 g/mol. The van der Waals surface area contributed by atoms with Crippen molar-refractivity contribution in [3.05, 3.63) is 71.8 Å². The van der Waals surface area contributed by atoms with E-state index in [1.807, 2.05) is 17.0 Å². The van der Waals surface area contributed by atoms with Gasteiger partial charge in [0.25, 0.3) is 0 Å². The summed E-state index contributed by atoms with van der Waals surface area (Å²) in [7, 11) is 0. The molecule has 2 aromatic carbocycles. The molecule has 1 heterocycles. The molecule has 19 heavy (non-hydrogen) atoms. The second-order valence-electron chi connectivity index (χ2n) is 5.12. The number of rotatable bonds is 4. The zero-order valence-electron chi connectivity index (χ0n) is 10.8.